The molecule has 2 rings (SSSR count). The van der Waals surface area contributed by atoms with Crippen LogP contribution in [0.3, 0.4) is 0 Å². The van der Waals surface area contributed by atoms with E-state index in [1.165, 1.54) is 6.07 Å². The molecule has 0 unspecified atom stereocenters. The summed E-state index contributed by atoms with van der Waals surface area (Å²) in [6.07, 6.45) is 0.939. The third-order valence-electron chi connectivity index (χ3n) is 2.79. The lowest BCUT2D eigenvalue weighted by atomic mass is 10.1. The topological polar surface area (TPSA) is 86.7 Å². The van der Waals surface area contributed by atoms with Gasteiger partial charge in [0, 0.05) is 5.56 Å². The van der Waals surface area contributed by atoms with E-state index in [0.29, 0.717) is 18.0 Å². The van der Waals surface area contributed by atoms with Gasteiger partial charge < -0.3 is 21.1 Å². The highest BCUT2D eigenvalue weighted by atomic mass is 16.3. The second-order valence-corrected chi connectivity index (χ2v) is 3.71. The van der Waals surface area contributed by atoms with E-state index in [1.54, 1.807) is 6.07 Å². The molecular weight excluding hydrogens is 182 g/mol. The smallest absolute Gasteiger partial charge is 0.200 e. The summed E-state index contributed by atoms with van der Waals surface area (Å²) in [6, 6.07) is 3.01. The SMILES string of the molecule is NC[C@@H]1C[C@H]1c1ccc(O)c(O)c1O. The summed E-state index contributed by atoms with van der Waals surface area (Å²) >= 11 is 0. The van der Waals surface area contributed by atoms with Gasteiger partial charge in [0.1, 0.15) is 0 Å². The Kier molecular flexibility index (Phi) is 2.00. The van der Waals surface area contributed by atoms with Crippen molar-refractivity contribution in [3.63, 3.8) is 0 Å². The highest BCUT2D eigenvalue weighted by Crippen LogP contribution is 2.52. The van der Waals surface area contributed by atoms with Crippen molar-refractivity contribution >= 4 is 0 Å². The van der Waals surface area contributed by atoms with Crippen molar-refractivity contribution in [3.05, 3.63) is 17.7 Å². The van der Waals surface area contributed by atoms with Crippen LogP contribution in [-0.4, -0.2) is 21.9 Å². The Bertz CT molecular complexity index is 365. The van der Waals surface area contributed by atoms with Crippen molar-refractivity contribution in [1.82, 2.24) is 0 Å². The fourth-order valence-corrected chi connectivity index (χ4v) is 1.77. The van der Waals surface area contributed by atoms with E-state index in [0.717, 1.165) is 6.42 Å². The molecule has 0 spiro atoms. The summed E-state index contributed by atoms with van der Waals surface area (Å²) in [6.45, 7) is 0.589. The zero-order valence-electron chi connectivity index (χ0n) is 7.64. The molecule has 4 nitrogen and oxygen atoms in total. The average molecular weight is 195 g/mol. The van der Waals surface area contributed by atoms with Gasteiger partial charge >= 0.3 is 0 Å². The number of aromatic hydroxyl groups is 3. The van der Waals surface area contributed by atoms with E-state index in [1.807, 2.05) is 0 Å². The predicted molar refractivity (Wildman–Crippen MR) is 51.3 cm³/mol. The molecule has 5 N–H and O–H groups in total. The van der Waals surface area contributed by atoms with Crippen LogP contribution in [0.15, 0.2) is 12.1 Å². The van der Waals surface area contributed by atoms with Crippen LogP contribution in [0.4, 0.5) is 0 Å². The lowest BCUT2D eigenvalue weighted by Crippen LogP contribution is -2.01. The fraction of sp³-hybridized carbons (Fsp3) is 0.400. The van der Waals surface area contributed by atoms with Gasteiger partial charge in [0.05, 0.1) is 0 Å². The number of nitrogens with two attached hydrogens (primary N) is 1. The molecule has 0 amide bonds. The van der Waals surface area contributed by atoms with Crippen molar-refractivity contribution in [2.24, 2.45) is 11.7 Å². The molecule has 0 aromatic heterocycles. The van der Waals surface area contributed by atoms with Crippen LogP contribution in [0.1, 0.15) is 17.9 Å². The molecule has 0 saturated heterocycles. The molecule has 76 valence electrons. The van der Waals surface area contributed by atoms with E-state index in [-0.39, 0.29) is 17.4 Å². The maximum atomic E-state index is 9.55. The second-order valence-electron chi connectivity index (χ2n) is 3.71. The van der Waals surface area contributed by atoms with E-state index < -0.39 is 5.75 Å². The number of rotatable bonds is 2. The molecule has 0 radical (unpaired) electrons. The van der Waals surface area contributed by atoms with Crippen LogP contribution in [-0.2, 0) is 0 Å². The quantitative estimate of drug-likeness (QED) is 0.527. The lowest BCUT2D eigenvalue weighted by Gasteiger charge is -2.06. The molecule has 0 heterocycles. The molecule has 14 heavy (non-hydrogen) atoms. The predicted octanol–water partition coefficient (Wildman–Crippen LogP) is 0.866. The Morgan fingerprint density at radius 3 is 2.50 bits per heavy atom. The van der Waals surface area contributed by atoms with Crippen molar-refractivity contribution in [1.29, 1.82) is 0 Å². The Hall–Kier alpha value is -1.42. The summed E-state index contributed by atoms with van der Waals surface area (Å²) in [4.78, 5) is 0. The zero-order chi connectivity index (χ0) is 10.3. The van der Waals surface area contributed by atoms with Crippen molar-refractivity contribution in [2.45, 2.75) is 12.3 Å². The summed E-state index contributed by atoms with van der Waals surface area (Å²) in [5.74, 6) is -0.330. The van der Waals surface area contributed by atoms with Gasteiger partial charge in [-0.2, -0.15) is 0 Å². The van der Waals surface area contributed by atoms with Crippen LogP contribution in [0.25, 0.3) is 0 Å². The standard InChI is InChI=1S/C10H13NO3/c11-4-5-3-7(5)6-1-2-8(12)10(14)9(6)13/h1-2,5,7,12-14H,3-4,11H2/t5-,7+/m0/s1. The van der Waals surface area contributed by atoms with Crippen molar-refractivity contribution in [3.8, 4) is 17.2 Å². The van der Waals surface area contributed by atoms with Crippen molar-refractivity contribution in [2.75, 3.05) is 6.54 Å². The van der Waals surface area contributed by atoms with Gasteiger partial charge in [-0.3, -0.25) is 0 Å². The number of phenolic OH excluding ortho intramolecular Hbond substituents is 3. The van der Waals surface area contributed by atoms with Gasteiger partial charge in [-0.05, 0) is 30.9 Å². The molecule has 1 aliphatic rings. The third-order valence-corrected chi connectivity index (χ3v) is 2.79. The number of hydrogen-bond donors (Lipinski definition) is 4. The second kappa shape index (κ2) is 3.06. The minimum absolute atomic E-state index is 0.217. The number of benzene rings is 1. The molecule has 1 aromatic rings. The normalized spacial score (nSPS) is 24.9. The maximum Gasteiger partial charge on any atom is 0.200 e. The first-order valence-electron chi connectivity index (χ1n) is 4.59. The molecule has 1 aliphatic carbocycles. The largest absolute Gasteiger partial charge is 0.504 e. The van der Waals surface area contributed by atoms with E-state index >= 15 is 0 Å². The molecule has 0 bridgehead atoms. The summed E-state index contributed by atoms with van der Waals surface area (Å²) in [5, 5.41) is 28.0. The fourth-order valence-electron chi connectivity index (χ4n) is 1.77. The van der Waals surface area contributed by atoms with Gasteiger partial charge in [0.15, 0.2) is 11.5 Å². The molecule has 4 heteroatoms. The zero-order valence-corrected chi connectivity index (χ0v) is 7.64. The van der Waals surface area contributed by atoms with E-state index in [2.05, 4.69) is 0 Å². The minimum atomic E-state index is -0.440. The molecule has 0 aliphatic heterocycles. The van der Waals surface area contributed by atoms with E-state index in [4.69, 9.17) is 10.8 Å². The average Bonchev–Trinajstić information content (AvgIpc) is 2.94. The highest BCUT2D eigenvalue weighted by molar-refractivity contribution is 5.55. The minimum Gasteiger partial charge on any atom is -0.504 e. The molecule has 2 atom stereocenters. The number of hydrogen-bond acceptors (Lipinski definition) is 4. The summed E-state index contributed by atoms with van der Waals surface area (Å²) in [7, 11) is 0. The molecule has 1 fully saturated rings. The van der Waals surface area contributed by atoms with Crippen LogP contribution in [0.5, 0.6) is 17.2 Å². The van der Waals surface area contributed by atoms with E-state index in [9.17, 15) is 10.2 Å². The third kappa shape index (κ3) is 1.28. The van der Waals surface area contributed by atoms with Gasteiger partial charge in [-0.1, -0.05) is 6.07 Å². The van der Waals surface area contributed by atoms with Crippen LogP contribution >= 0.6 is 0 Å². The summed E-state index contributed by atoms with van der Waals surface area (Å²) < 4.78 is 0. The van der Waals surface area contributed by atoms with Crippen molar-refractivity contribution < 1.29 is 15.3 Å². The molecule has 1 aromatic carbocycles. The van der Waals surface area contributed by atoms with Gasteiger partial charge in [0.2, 0.25) is 5.75 Å². The van der Waals surface area contributed by atoms with Gasteiger partial charge in [-0.25, -0.2) is 0 Å². The highest BCUT2D eigenvalue weighted by Gasteiger charge is 2.39. The number of phenols is 3. The first-order valence-corrected chi connectivity index (χ1v) is 4.59. The lowest BCUT2D eigenvalue weighted by molar-refractivity contribution is 0.365. The van der Waals surface area contributed by atoms with Crippen LogP contribution < -0.4 is 5.73 Å². The Morgan fingerprint density at radius 2 is 1.93 bits per heavy atom. The Morgan fingerprint density at radius 1 is 1.21 bits per heavy atom. The Labute approximate surface area is 81.6 Å². The van der Waals surface area contributed by atoms with Crippen LogP contribution in [0.2, 0.25) is 0 Å². The first-order chi connectivity index (χ1) is 6.65. The van der Waals surface area contributed by atoms with Gasteiger partial charge in [0.25, 0.3) is 0 Å². The monoisotopic (exact) mass is 195 g/mol. The Balaban J connectivity index is 2.32. The maximum absolute atomic E-state index is 9.55. The van der Waals surface area contributed by atoms with Gasteiger partial charge in [-0.15, -0.1) is 0 Å². The summed E-state index contributed by atoms with van der Waals surface area (Å²) in [5.41, 5.74) is 6.16. The first kappa shape index (κ1) is 9.15. The molecular formula is C10H13NO3. The molecule has 1 saturated carbocycles. The van der Waals surface area contributed by atoms with Crippen LogP contribution in [0, 0.1) is 5.92 Å².